The second-order valence-corrected chi connectivity index (χ2v) is 7.71. The van der Waals surface area contributed by atoms with Gasteiger partial charge in [-0.05, 0) is 49.2 Å². The Morgan fingerprint density at radius 1 is 1.09 bits per heavy atom. The molecule has 3 rings (SSSR count). The maximum Gasteiger partial charge on any atom is 0.344 e. The summed E-state index contributed by atoms with van der Waals surface area (Å²) in [5.41, 5.74) is 1.78. The van der Waals surface area contributed by atoms with E-state index in [9.17, 15) is 14.4 Å². The van der Waals surface area contributed by atoms with E-state index in [1.165, 1.54) is 7.11 Å². The number of ether oxygens (including phenoxy) is 4. The topological polar surface area (TPSA) is 112 Å². The van der Waals surface area contributed by atoms with Gasteiger partial charge in [-0.1, -0.05) is 29.8 Å². The van der Waals surface area contributed by atoms with Crippen molar-refractivity contribution in [3.63, 3.8) is 0 Å². The fourth-order valence-electron chi connectivity index (χ4n) is 3.28. The van der Waals surface area contributed by atoms with E-state index in [4.69, 9.17) is 30.5 Å². The van der Waals surface area contributed by atoms with Crippen molar-refractivity contribution in [3.8, 4) is 11.5 Å². The predicted octanol–water partition coefficient (Wildman–Crippen LogP) is 3.45. The number of carbonyl (C=O) groups is 3. The van der Waals surface area contributed by atoms with Gasteiger partial charge in [0, 0.05) is 0 Å². The van der Waals surface area contributed by atoms with Crippen LogP contribution in [0.25, 0.3) is 0 Å². The van der Waals surface area contributed by atoms with Crippen LogP contribution in [0.1, 0.15) is 24.1 Å². The molecule has 2 N–H and O–H groups in total. The molecule has 1 heterocycles. The van der Waals surface area contributed by atoms with Gasteiger partial charge in [0.2, 0.25) is 0 Å². The monoisotopic (exact) mass is 488 g/mol. The standard InChI is InChI=1S/C24H25ClN2O7/c1-4-32-23(29)21-18(12-34-20(28)13-33-19-11-14(2)5-10-17(19)25)26-24(30)27-22(21)15-6-8-16(31-3)9-7-15/h5-11,22H,4,12-13H2,1-3H3,(H2,26,27,30). The predicted molar refractivity (Wildman–Crippen MR) is 124 cm³/mol. The fourth-order valence-corrected chi connectivity index (χ4v) is 3.45. The van der Waals surface area contributed by atoms with Crippen LogP contribution in [-0.2, 0) is 19.1 Å². The molecule has 10 heteroatoms. The quantitative estimate of drug-likeness (QED) is 0.520. The molecule has 2 aromatic rings. The summed E-state index contributed by atoms with van der Waals surface area (Å²) in [6.45, 7) is 2.90. The van der Waals surface area contributed by atoms with Crippen molar-refractivity contribution in [3.05, 3.63) is 69.9 Å². The number of amides is 2. The molecule has 0 fully saturated rings. The Hall–Kier alpha value is -3.72. The molecule has 0 saturated carbocycles. The average molecular weight is 489 g/mol. The second-order valence-electron chi connectivity index (χ2n) is 7.30. The van der Waals surface area contributed by atoms with E-state index in [1.54, 1.807) is 43.3 Å². The normalized spacial score (nSPS) is 15.2. The van der Waals surface area contributed by atoms with Crippen LogP contribution in [-0.4, -0.2) is 44.9 Å². The highest BCUT2D eigenvalue weighted by Crippen LogP contribution is 2.29. The van der Waals surface area contributed by atoms with E-state index in [-0.39, 0.29) is 24.5 Å². The maximum atomic E-state index is 12.8. The summed E-state index contributed by atoms with van der Waals surface area (Å²) in [4.78, 5) is 37.4. The molecule has 1 atom stereocenters. The number of nitrogens with one attached hydrogen (secondary N) is 2. The first-order valence-corrected chi connectivity index (χ1v) is 10.9. The number of hydrogen-bond acceptors (Lipinski definition) is 7. The number of carbonyl (C=O) groups excluding carboxylic acids is 3. The van der Waals surface area contributed by atoms with Crippen LogP contribution < -0.4 is 20.1 Å². The minimum atomic E-state index is -0.810. The van der Waals surface area contributed by atoms with E-state index >= 15 is 0 Å². The molecule has 1 aliphatic heterocycles. The summed E-state index contributed by atoms with van der Waals surface area (Å²) in [5.74, 6) is -0.389. The van der Waals surface area contributed by atoms with Gasteiger partial charge in [-0.3, -0.25) is 0 Å². The summed E-state index contributed by atoms with van der Waals surface area (Å²) in [5, 5.41) is 5.60. The summed E-state index contributed by atoms with van der Waals surface area (Å²) in [7, 11) is 1.54. The van der Waals surface area contributed by atoms with Crippen molar-refractivity contribution in [2.45, 2.75) is 19.9 Å². The van der Waals surface area contributed by atoms with E-state index in [0.717, 1.165) is 5.56 Å². The fraction of sp³-hybridized carbons (Fsp3) is 0.292. The van der Waals surface area contributed by atoms with E-state index in [1.807, 2.05) is 13.0 Å². The van der Waals surface area contributed by atoms with Crippen molar-refractivity contribution < 1.29 is 33.3 Å². The van der Waals surface area contributed by atoms with Crippen molar-refractivity contribution in [2.75, 3.05) is 26.9 Å². The number of benzene rings is 2. The lowest BCUT2D eigenvalue weighted by molar-refractivity contribution is -0.145. The largest absolute Gasteiger partial charge is 0.497 e. The number of esters is 2. The average Bonchev–Trinajstić information content (AvgIpc) is 2.83. The lowest BCUT2D eigenvalue weighted by Gasteiger charge is -2.29. The first-order chi connectivity index (χ1) is 16.3. The molecule has 0 aliphatic carbocycles. The number of aryl methyl sites for hydroxylation is 1. The molecule has 180 valence electrons. The van der Waals surface area contributed by atoms with Crippen molar-refractivity contribution in [2.24, 2.45) is 0 Å². The third-order valence-electron chi connectivity index (χ3n) is 4.91. The molecule has 0 saturated heterocycles. The SMILES string of the molecule is CCOC(=O)C1=C(COC(=O)COc2cc(C)ccc2Cl)NC(=O)NC1c1ccc(OC)cc1. The Balaban J connectivity index is 1.78. The van der Waals surface area contributed by atoms with E-state index < -0.39 is 30.6 Å². The van der Waals surface area contributed by atoms with E-state index in [2.05, 4.69) is 10.6 Å². The van der Waals surface area contributed by atoms with Gasteiger partial charge >= 0.3 is 18.0 Å². The Bertz CT molecular complexity index is 1100. The van der Waals surface area contributed by atoms with Crippen LogP contribution in [0.2, 0.25) is 5.02 Å². The molecule has 0 bridgehead atoms. The Labute approximate surface area is 202 Å². The number of halogens is 1. The Morgan fingerprint density at radius 2 is 1.82 bits per heavy atom. The highest BCUT2D eigenvalue weighted by molar-refractivity contribution is 6.32. The minimum absolute atomic E-state index is 0.116. The van der Waals surface area contributed by atoms with Gasteiger partial charge in [0.05, 0.1) is 36.1 Å². The molecule has 0 aromatic heterocycles. The van der Waals surface area contributed by atoms with Gasteiger partial charge in [0.1, 0.15) is 18.1 Å². The van der Waals surface area contributed by atoms with Crippen molar-refractivity contribution >= 4 is 29.6 Å². The van der Waals surface area contributed by atoms with Gasteiger partial charge in [-0.2, -0.15) is 0 Å². The van der Waals surface area contributed by atoms with Crippen LogP contribution in [0.3, 0.4) is 0 Å². The molecule has 1 aliphatic rings. The third-order valence-corrected chi connectivity index (χ3v) is 5.22. The van der Waals surface area contributed by atoms with E-state index in [0.29, 0.717) is 22.1 Å². The first-order valence-electron chi connectivity index (χ1n) is 10.5. The lowest BCUT2D eigenvalue weighted by Crippen LogP contribution is -2.47. The second kappa shape index (κ2) is 11.4. The van der Waals surface area contributed by atoms with Crippen LogP contribution in [0.5, 0.6) is 11.5 Å². The summed E-state index contributed by atoms with van der Waals surface area (Å²) >= 11 is 6.07. The molecule has 2 aromatic carbocycles. The molecule has 0 spiro atoms. The third kappa shape index (κ3) is 6.20. The maximum absolute atomic E-state index is 12.8. The van der Waals surface area contributed by atoms with Gasteiger partial charge in [0.15, 0.2) is 6.61 Å². The zero-order valence-electron chi connectivity index (χ0n) is 19.0. The first kappa shape index (κ1) is 24.9. The molecule has 1 unspecified atom stereocenters. The molecular formula is C24H25ClN2O7. The smallest absolute Gasteiger partial charge is 0.344 e. The number of methoxy groups -OCH3 is 1. The van der Waals surface area contributed by atoms with Gasteiger partial charge < -0.3 is 29.6 Å². The molecular weight excluding hydrogens is 464 g/mol. The van der Waals surface area contributed by atoms with Crippen LogP contribution >= 0.6 is 11.6 Å². The molecule has 9 nitrogen and oxygen atoms in total. The lowest BCUT2D eigenvalue weighted by atomic mass is 9.95. The number of urea groups is 1. The molecule has 2 amide bonds. The summed E-state index contributed by atoms with van der Waals surface area (Å²) in [6, 6.07) is 10.7. The minimum Gasteiger partial charge on any atom is -0.497 e. The van der Waals surface area contributed by atoms with Crippen LogP contribution in [0.4, 0.5) is 4.79 Å². The van der Waals surface area contributed by atoms with Gasteiger partial charge in [-0.15, -0.1) is 0 Å². The molecule has 34 heavy (non-hydrogen) atoms. The van der Waals surface area contributed by atoms with Crippen molar-refractivity contribution in [1.82, 2.24) is 10.6 Å². The Kier molecular flexibility index (Phi) is 8.37. The highest BCUT2D eigenvalue weighted by Gasteiger charge is 2.34. The zero-order valence-corrected chi connectivity index (χ0v) is 19.7. The van der Waals surface area contributed by atoms with Crippen LogP contribution in [0, 0.1) is 6.92 Å². The highest BCUT2D eigenvalue weighted by atomic mass is 35.5. The summed E-state index contributed by atoms with van der Waals surface area (Å²) in [6.07, 6.45) is 0. The number of rotatable bonds is 9. The number of hydrogen-bond donors (Lipinski definition) is 2. The Morgan fingerprint density at radius 3 is 2.50 bits per heavy atom. The zero-order chi connectivity index (χ0) is 24.7. The summed E-state index contributed by atoms with van der Waals surface area (Å²) < 4.78 is 21.1. The van der Waals surface area contributed by atoms with Crippen molar-refractivity contribution in [1.29, 1.82) is 0 Å². The van der Waals surface area contributed by atoms with Crippen LogP contribution in [0.15, 0.2) is 53.7 Å². The molecule has 0 radical (unpaired) electrons. The van der Waals surface area contributed by atoms with Gasteiger partial charge in [0.25, 0.3) is 0 Å². The van der Waals surface area contributed by atoms with Gasteiger partial charge in [-0.25, -0.2) is 14.4 Å².